The number of ether oxygens (including phenoxy) is 1. The summed E-state index contributed by atoms with van der Waals surface area (Å²) in [5.41, 5.74) is 1.29. The highest BCUT2D eigenvalue weighted by molar-refractivity contribution is 5.78. The second-order valence-electron chi connectivity index (χ2n) is 10.3. The zero-order valence-electron chi connectivity index (χ0n) is 21.3. The summed E-state index contributed by atoms with van der Waals surface area (Å²) in [6, 6.07) is 12.6. The van der Waals surface area contributed by atoms with E-state index < -0.39 is 0 Å². The van der Waals surface area contributed by atoms with E-state index in [0.717, 1.165) is 69.6 Å². The summed E-state index contributed by atoms with van der Waals surface area (Å²) < 4.78 is 11.4. The average Bonchev–Trinajstić information content (AvgIpc) is 3.58. The summed E-state index contributed by atoms with van der Waals surface area (Å²) in [6.07, 6.45) is 2.56. The molecule has 2 fully saturated rings. The molecule has 0 N–H and O–H groups in total. The molecule has 34 heavy (non-hydrogen) atoms. The number of methoxy groups -OCH3 is 1. The van der Waals surface area contributed by atoms with Gasteiger partial charge in [-0.05, 0) is 68.6 Å². The number of carbonyl (C=O) groups is 1. The van der Waals surface area contributed by atoms with E-state index in [1.165, 1.54) is 18.4 Å². The van der Waals surface area contributed by atoms with Gasteiger partial charge in [0.1, 0.15) is 17.3 Å². The third-order valence-electron chi connectivity index (χ3n) is 7.36. The maximum atomic E-state index is 13.2. The lowest BCUT2D eigenvalue weighted by atomic mass is 9.88. The second kappa shape index (κ2) is 11.4. The predicted octanol–water partition coefficient (Wildman–Crippen LogP) is 4.39. The predicted molar refractivity (Wildman–Crippen MR) is 135 cm³/mol. The largest absolute Gasteiger partial charge is 0.497 e. The van der Waals surface area contributed by atoms with Gasteiger partial charge in [-0.25, -0.2) is 0 Å². The maximum absolute atomic E-state index is 13.2. The van der Waals surface area contributed by atoms with E-state index in [1.807, 2.05) is 32.9 Å². The van der Waals surface area contributed by atoms with Gasteiger partial charge in [0.05, 0.1) is 13.7 Å². The summed E-state index contributed by atoms with van der Waals surface area (Å²) in [5.74, 6) is 3.84. The molecule has 6 nitrogen and oxygen atoms in total. The zero-order chi connectivity index (χ0) is 24.1. The van der Waals surface area contributed by atoms with Crippen molar-refractivity contribution in [2.45, 2.75) is 46.1 Å². The molecule has 0 aliphatic carbocycles. The van der Waals surface area contributed by atoms with E-state index in [0.29, 0.717) is 11.8 Å². The van der Waals surface area contributed by atoms with E-state index in [4.69, 9.17) is 9.15 Å². The highest BCUT2D eigenvalue weighted by Crippen LogP contribution is 2.36. The van der Waals surface area contributed by atoms with Gasteiger partial charge in [0.2, 0.25) is 5.91 Å². The lowest BCUT2D eigenvalue weighted by molar-refractivity contribution is -0.135. The van der Waals surface area contributed by atoms with Crippen LogP contribution >= 0.6 is 0 Å². The summed E-state index contributed by atoms with van der Waals surface area (Å²) in [6.45, 7) is 13.6. The molecule has 2 aliphatic rings. The van der Waals surface area contributed by atoms with E-state index >= 15 is 0 Å². The molecule has 1 aromatic heterocycles. The quantitative estimate of drug-likeness (QED) is 0.519. The van der Waals surface area contributed by atoms with Gasteiger partial charge in [-0.1, -0.05) is 26.0 Å². The summed E-state index contributed by atoms with van der Waals surface area (Å²) in [4.78, 5) is 20.3. The van der Waals surface area contributed by atoms with Crippen LogP contribution in [-0.2, 0) is 11.3 Å². The van der Waals surface area contributed by atoms with Crippen molar-refractivity contribution >= 4 is 5.91 Å². The Morgan fingerprint density at radius 3 is 2.62 bits per heavy atom. The Bertz CT molecular complexity index is 934. The Hall–Kier alpha value is -2.31. The molecule has 0 unspecified atom stereocenters. The molecule has 2 aromatic rings. The zero-order valence-corrected chi connectivity index (χ0v) is 21.3. The SMILES string of the molecule is COc1cccc([C@H]2CN(Cc3ccc(C)o3)C[C@H]2CN(CCN2CCCC2)C(=O)C(C)C)c1. The Labute approximate surface area is 204 Å². The normalized spacial score (nSPS) is 21.4. The van der Waals surface area contributed by atoms with Crippen molar-refractivity contribution in [3.63, 3.8) is 0 Å². The van der Waals surface area contributed by atoms with Gasteiger partial charge >= 0.3 is 0 Å². The van der Waals surface area contributed by atoms with Crippen molar-refractivity contribution in [1.82, 2.24) is 14.7 Å². The standard InChI is InChI=1S/C28H41N3O3/c1-21(2)28(32)31(15-14-29-12-5-6-13-29)18-24-17-30(19-26-11-10-22(3)34-26)20-27(24)23-8-7-9-25(16-23)33-4/h7-11,16,21,24,27H,5-6,12-15,17-20H2,1-4H3/t24-,27+/m0/s1. The fourth-order valence-electron chi connectivity index (χ4n) is 5.52. The fraction of sp³-hybridized carbons (Fsp3) is 0.607. The summed E-state index contributed by atoms with van der Waals surface area (Å²) >= 11 is 0. The molecule has 2 saturated heterocycles. The molecule has 2 aliphatic heterocycles. The van der Waals surface area contributed by atoms with Crippen LogP contribution in [-0.4, -0.2) is 73.5 Å². The number of rotatable bonds is 10. The molecule has 4 rings (SSSR count). The van der Waals surface area contributed by atoms with E-state index in [-0.39, 0.29) is 11.8 Å². The first-order valence-electron chi connectivity index (χ1n) is 12.9. The molecule has 0 radical (unpaired) electrons. The number of aryl methyl sites for hydroxylation is 1. The van der Waals surface area contributed by atoms with Crippen LogP contribution in [0.2, 0.25) is 0 Å². The van der Waals surface area contributed by atoms with Crippen LogP contribution in [0, 0.1) is 18.8 Å². The number of amides is 1. The Balaban J connectivity index is 1.52. The highest BCUT2D eigenvalue weighted by Gasteiger charge is 2.36. The molecular weight excluding hydrogens is 426 g/mol. The third-order valence-corrected chi connectivity index (χ3v) is 7.36. The number of benzene rings is 1. The fourth-order valence-corrected chi connectivity index (χ4v) is 5.52. The maximum Gasteiger partial charge on any atom is 0.225 e. The first-order valence-corrected chi connectivity index (χ1v) is 12.9. The number of furan rings is 1. The van der Waals surface area contributed by atoms with Crippen molar-refractivity contribution in [2.24, 2.45) is 11.8 Å². The number of hydrogen-bond acceptors (Lipinski definition) is 5. The Morgan fingerprint density at radius 2 is 1.94 bits per heavy atom. The van der Waals surface area contributed by atoms with Gasteiger partial charge < -0.3 is 19.0 Å². The smallest absolute Gasteiger partial charge is 0.225 e. The molecule has 0 spiro atoms. The van der Waals surface area contributed by atoms with Crippen LogP contribution in [0.3, 0.4) is 0 Å². The van der Waals surface area contributed by atoms with E-state index in [9.17, 15) is 4.79 Å². The molecule has 1 amide bonds. The van der Waals surface area contributed by atoms with Crippen LogP contribution < -0.4 is 4.74 Å². The molecule has 3 heterocycles. The summed E-state index contributed by atoms with van der Waals surface area (Å²) in [7, 11) is 1.72. The van der Waals surface area contributed by atoms with Crippen LogP contribution in [0.1, 0.15) is 49.7 Å². The molecule has 0 saturated carbocycles. The monoisotopic (exact) mass is 467 g/mol. The van der Waals surface area contributed by atoms with Crippen molar-refractivity contribution in [1.29, 1.82) is 0 Å². The minimum atomic E-state index is 0.0115. The number of nitrogens with zero attached hydrogens (tertiary/aromatic N) is 3. The summed E-state index contributed by atoms with van der Waals surface area (Å²) in [5, 5.41) is 0. The Kier molecular flexibility index (Phi) is 8.32. The first kappa shape index (κ1) is 24.8. The van der Waals surface area contributed by atoms with Gasteiger partial charge in [0.25, 0.3) is 0 Å². The van der Waals surface area contributed by atoms with Gasteiger partial charge in [-0.3, -0.25) is 9.69 Å². The minimum Gasteiger partial charge on any atom is -0.497 e. The van der Waals surface area contributed by atoms with Crippen LogP contribution in [0.5, 0.6) is 5.75 Å². The van der Waals surface area contributed by atoms with Gasteiger partial charge in [0.15, 0.2) is 0 Å². The first-order chi connectivity index (χ1) is 16.4. The van der Waals surface area contributed by atoms with E-state index in [2.05, 4.69) is 39.0 Å². The number of likely N-dealkylation sites (tertiary alicyclic amines) is 2. The van der Waals surface area contributed by atoms with Crippen LogP contribution in [0.4, 0.5) is 0 Å². The molecule has 2 atom stereocenters. The van der Waals surface area contributed by atoms with Gasteiger partial charge in [-0.15, -0.1) is 0 Å². The molecule has 1 aromatic carbocycles. The molecular formula is C28H41N3O3. The van der Waals surface area contributed by atoms with Crippen LogP contribution in [0.25, 0.3) is 0 Å². The van der Waals surface area contributed by atoms with Gasteiger partial charge in [-0.2, -0.15) is 0 Å². The number of carbonyl (C=O) groups excluding carboxylic acids is 1. The van der Waals surface area contributed by atoms with Gasteiger partial charge in [0, 0.05) is 44.6 Å². The lowest BCUT2D eigenvalue weighted by Crippen LogP contribution is -2.43. The third kappa shape index (κ3) is 6.22. The molecule has 186 valence electrons. The van der Waals surface area contributed by atoms with E-state index in [1.54, 1.807) is 7.11 Å². The minimum absolute atomic E-state index is 0.0115. The van der Waals surface area contributed by atoms with Crippen LogP contribution in [0.15, 0.2) is 40.8 Å². The topological polar surface area (TPSA) is 49.2 Å². The van der Waals surface area contributed by atoms with Crippen molar-refractivity contribution in [3.8, 4) is 5.75 Å². The number of hydrogen-bond donors (Lipinski definition) is 0. The Morgan fingerprint density at radius 1 is 1.15 bits per heavy atom. The van der Waals surface area contributed by atoms with Crippen molar-refractivity contribution in [2.75, 3.05) is 52.9 Å². The highest BCUT2D eigenvalue weighted by atomic mass is 16.5. The second-order valence-corrected chi connectivity index (χ2v) is 10.3. The van der Waals surface area contributed by atoms with Crippen molar-refractivity contribution in [3.05, 3.63) is 53.5 Å². The molecule has 6 heteroatoms. The average molecular weight is 468 g/mol. The van der Waals surface area contributed by atoms with Crippen molar-refractivity contribution < 1.29 is 13.9 Å². The lowest BCUT2D eigenvalue weighted by Gasteiger charge is -2.31. The molecule has 0 bridgehead atoms.